The van der Waals surface area contributed by atoms with Crippen molar-refractivity contribution in [1.29, 1.82) is 0 Å². The predicted molar refractivity (Wildman–Crippen MR) is 71.7 cm³/mol. The van der Waals surface area contributed by atoms with Crippen molar-refractivity contribution in [2.45, 2.75) is 13.0 Å². The molecular weight excluding hydrogens is 316 g/mol. The summed E-state index contributed by atoms with van der Waals surface area (Å²) in [6.45, 7) is 1.85. The van der Waals surface area contributed by atoms with Crippen molar-refractivity contribution in [3.8, 4) is 0 Å². The van der Waals surface area contributed by atoms with E-state index in [2.05, 4.69) is 31.2 Å². The molecule has 0 aliphatic carbocycles. The van der Waals surface area contributed by atoms with E-state index in [0.717, 1.165) is 5.56 Å². The van der Waals surface area contributed by atoms with Crippen LogP contribution < -0.4 is 5.32 Å². The molecule has 1 aromatic heterocycles. The van der Waals surface area contributed by atoms with Gasteiger partial charge >= 0.3 is 0 Å². The molecule has 2 aromatic rings. The van der Waals surface area contributed by atoms with Gasteiger partial charge in [-0.3, -0.25) is 0 Å². The van der Waals surface area contributed by atoms with Crippen LogP contribution in [0.2, 0.25) is 0 Å². The molecule has 0 saturated carbocycles. The quantitative estimate of drug-likeness (QED) is 0.880. The smallest absolute Gasteiger partial charge is 0.149 e. The van der Waals surface area contributed by atoms with Crippen molar-refractivity contribution in [1.82, 2.24) is 15.3 Å². The average molecular weight is 328 g/mol. The van der Waals surface area contributed by atoms with Crippen LogP contribution in [0.25, 0.3) is 0 Å². The molecule has 0 aliphatic rings. The van der Waals surface area contributed by atoms with E-state index < -0.39 is 17.7 Å². The Morgan fingerprint density at radius 2 is 1.84 bits per heavy atom. The van der Waals surface area contributed by atoms with Crippen molar-refractivity contribution in [2.24, 2.45) is 0 Å². The molecule has 0 spiro atoms. The van der Waals surface area contributed by atoms with Gasteiger partial charge in [-0.05, 0) is 47.6 Å². The minimum Gasteiger partial charge on any atom is -0.307 e. The highest BCUT2D eigenvalue weighted by Crippen LogP contribution is 2.29. The third-order valence-electron chi connectivity index (χ3n) is 2.72. The van der Waals surface area contributed by atoms with Crippen LogP contribution in [0.4, 0.5) is 8.78 Å². The van der Waals surface area contributed by atoms with Crippen LogP contribution in [0.1, 0.15) is 23.0 Å². The molecule has 2 rings (SSSR count). The molecule has 0 radical (unpaired) electrons. The lowest BCUT2D eigenvalue weighted by atomic mass is 10.0. The standard InChI is InChI=1S/C13H12BrF2N3/c1-7-5-18-13(19-6-7)12(17-2)10-9(15)4-3-8(14)11(10)16/h3-6,12,17H,1-2H3. The van der Waals surface area contributed by atoms with Crippen LogP contribution >= 0.6 is 15.9 Å². The number of hydrogen-bond donors (Lipinski definition) is 1. The number of hydrogen-bond acceptors (Lipinski definition) is 3. The third kappa shape index (κ3) is 2.79. The van der Waals surface area contributed by atoms with Crippen molar-refractivity contribution >= 4 is 15.9 Å². The first kappa shape index (κ1) is 14.0. The summed E-state index contributed by atoms with van der Waals surface area (Å²) in [7, 11) is 1.60. The zero-order valence-electron chi connectivity index (χ0n) is 10.4. The molecule has 100 valence electrons. The summed E-state index contributed by atoms with van der Waals surface area (Å²) in [5.41, 5.74) is 0.787. The lowest BCUT2D eigenvalue weighted by molar-refractivity contribution is 0.508. The Balaban J connectivity index is 2.54. The second-order valence-electron chi connectivity index (χ2n) is 4.10. The van der Waals surface area contributed by atoms with Gasteiger partial charge in [-0.25, -0.2) is 18.7 Å². The summed E-state index contributed by atoms with van der Waals surface area (Å²) < 4.78 is 28.2. The van der Waals surface area contributed by atoms with E-state index in [1.807, 2.05) is 6.92 Å². The van der Waals surface area contributed by atoms with Gasteiger partial charge in [0.1, 0.15) is 17.5 Å². The maximum absolute atomic E-state index is 14.1. The summed E-state index contributed by atoms with van der Waals surface area (Å²) in [4.78, 5) is 8.23. The molecule has 0 bridgehead atoms. The Morgan fingerprint density at radius 3 is 2.42 bits per heavy atom. The highest BCUT2D eigenvalue weighted by molar-refractivity contribution is 9.10. The van der Waals surface area contributed by atoms with Crippen molar-refractivity contribution < 1.29 is 8.78 Å². The average Bonchev–Trinajstić information content (AvgIpc) is 2.40. The Hall–Kier alpha value is -1.40. The minimum atomic E-state index is -0.738. The largest absolute Gasteiger partial charge is 0.307 e. The van der Waals surface area contributed by atoms with E-state index in [0.29, 0.717) is 5.82 Å². The first-order chi connectivity index (χ1) is 9.04. The maximum Gasteiger partial charge on any atom is 0.149 e. The monoisotopic (exact) mass is 327 g/mol. The highest BCUT2D eigenvalue weighted by Gasteiger charge is 2.24. The molecule has 6 heteroatoms. The van der Waals surface area contributed by atoms with E-state index in [1.54, 1.807) is 19.4 Å². The second kappa shape index (κ2) is 5.71. The number of aryl methyl sites for hydroxylation is 1. The molecule has 0 saturated heterocycles. The molecule has 3 nitrogen and oxygen atoms in total. The van der Waals surface area contributed by atoms with Gasteiger partial charge in [0, 0.05) is 18.0 Å². The number of rotatable bonds is 3. The van der Waals surface area contributed by atoms with Gasteiger partial charge in [-0.15, -0.1) is 0 Å². The van der Waals surface area contributed by atoms with Gasteiger partial charge in [0.2, 0.25) is 0 Å². The van der Waals surface area contributed by atoms with Crippen molar-refractivity contribution in [3.63, 3.8) is 0 Å². The van der Waals surface area contributed by atoms with Gasteiger partial charge in [0.25, 0.3) is 0 Å². The van der Waals surface area contributed by atoms with Crippen LogP contribution in [0.5, 0.6) is 0 Å². The summed E-state index contributed by atoms with van der Waals surface area (Å²) in [5.74, 6) is -0.961. The van der Waals surface area contributed by atoms with Gasteiger partial charge < -0.3 is 5.32 Å². The number of nitrogens with one attached hydrogen (secondary N) is 1. The van der Waals surface area contributed by atoms with E-state index in [-0.39, 0.29) is 10.0 Å². The van der Waals surface area contributed by atoms with Crippen molar-refractivity contribution in [3.05, 3.63) is 57.6 Å². The topological polar surface area (TPSA) is 37.8 Å². The summed E-state index contributed by atoms with van der Waals surface area (Å²) in [6, 6.07) is 1.80. The fourth-order valence-electron chi connectivity index (χ4n) is 1.76. The van der Waals surface area contributed by atoms with Gasteiger partial charge in [0.05, 0.1) is 10.5 Å². The molecule has 0 aliphatic heterocycles. The van der Waals surface area contributed by atoms with E-state index in [9.17, 15) is 8.78 Å². The fourth-order valence-corrected chi connectivity index (χ4v) is 2.11. The normalized spacial score (nSPS) is 12.5. The molecule has 1 unspecified atom stereocenters. The highest BCUT2D eigenvalue weighted by atomic mass is 79.9. The van der Waals surface area contributed by atoms with Gasteiger partial charge in [-0.2, -0.15) is 0 Å². The molecule has 19 heavy (non-hydrogen) atoms. The Bertz CT molecular complexity index is 587. The molecule has 1 aromatic carbocycles. The number of benzene rings is 1. The third-order valence-corrected chi connectivity index (χ3v) is 3.33. The fraction of sp³-hybridized carbons (Fsp3) is 0.231. The minimum absolute atomic E-state index is 0.0965. The molecule has 1 atom stereocenters. The number of aromatic nitrogens is 2. The lowest BCUT2D eigenvalue weighted by Crippen LogP contribution is -2.23. The first-order valence-electron chi connectivity index (χ1n) is 5.63. The molecular formula is C13H12BrF2N3. The molecule has 0 fully saturated rings. The molecule has 1 heterocycles. The van der Waals surface area contributed by atoms with Crippen LogP contribution in [0.3, 0.4) is 0 Å². The lowest BCUT2D eigenvalue weighted by Gasteiger charge is -2.17. The molecule has 0 amide bonds. The Kier molecular flexibility index (Phi) is 4.21. The van der Waals surface area contributed by atoms with Crippen LogP contribution in [-0.2, 0) is 0 Å². The summed E-state index contributed by atoms with van der Waals surface area (Å²) >= 11 is 3.05. The Labute approximate surface area is 118 Å². The number of halogens is 3. The second-order valence-corrected chi connectivity index (χ2v) is 4.95. The molecule has 1 N–H and O–H groups in total. The zero-order chi connectivity index (χ0) is 14.0. The van der Waals surface area contributed by atoms with E-state index in [4.69, 9.17) is 0 Å². The summed E-state index contributed by atoms with van der Waals surface area (Å²) in [6.07, 6.45) is 3.22. The maximum atomic E-state index is 14.1. The predicted octanol–water partition coefficient (Wildman–Crippen LogP) is 3.13. The van der Waals surface area contributed by atoms with Gasteiger partial charge in [0.15, 0.2) is 0 Å². The number of nitrogens with zero attached hydrogens (tertiary/aromatic N) is 2. The van der Waals surface area contributed by atoms with Crippen molar-refractivity contribution in [2.75, 3.05) is 7.05 Å². The van der Waals surface area contributed by atoms with Gasteiger partial charge in [-0.1, -0.05) is 0 Å². The summed E-state index contributed by atoms with van der Waals surface area (Å²) in [5, 5.41) is 2.84. The Morgan fingerprint density at radius 1 is 1.21 bits per heavy atom. The zero-order valence-corrected chi connectivity index (χ0v) is 12.0. The van der Waals surface area contributed by atoms with Crippen LogP contribution in [-0.4, -0.2) is 17.0 Å². The van der Waals surface area contributed by atoms with Crippen LogP contribution in [0.15, 0.2) is 29.0 Å². The first-order valence-corrected chi connectivity index (χ1v) is 6.43. The van der Waals surface area contributed by atoms with E-state index >= 15 is 0 Å². The SMILES string of the molecule is CNC(c1ncc(C)cn1)c1c(F)ccc(Br)c1F. The van der Waals surface area contributed by atoms with Crippen LogP contribution in [0, 0.1) is 18.6 Å². The van der Waals surface area contributed by atoms with E-state index in [1.165, 1.54) is 12.1 Å².